The summed E-state index contributed by atoms with van der Waals surface area (Å²) in [6.45, 7) is 3.74. The van der Waals surface area contributed by atoms with Crippen molar-refractivity contribution < 1.29 is 14.7 Å². The smallest absolute Gasteiger partial charge is 0.296 e. The molecule has 0 bridgehead atoms. The molecule has 6 nitrogen and oxygen atoms in total. The molecule has 0 radical (unpaired) electrons. The van der Waals surface area contributed by atoms with Crippen molar-refractivity contribution in [3.63, 3.8) is 0 Å². The fraction of sp³-hybridized carbons (Fsp3) is 0.130. The van der Waals surface area contributed by atoms with Crippen molar-refractivity contribution in [2.45, 2.75) is 19.9 Å². The van der Waals surface area contributed by atoms with Crippen molar-refractivity contribution in [2.75, 3.05) is 4.90 Å². The zero-order chi connectivity index (χ0) is 21.3. The molecular weight excluding hydrogens is 398 g/mol. The van der Waals surface area contributed by atoms with Crippen molar-refractivity contribution in [1.82, 2.24) is 10.2 Å². The highest BCUT2D eigenvalue weighted by atomic mass is 32.1. The summed E-state index contributed by atoms with van der Waals surface area (Å²) in [4.78, 5) is 27.4. The first-order valence-electron chi connectivity index (χ1n) is 9.36. The Morgan fingerprint density at radius 2 is 1.77 bits per heavy atom. The summed E-state index contributed by atoms with van der Waals surface area (Å²) in [7, 11) is 0. The second kappa shape index (κ2) is 8.04. The Balaban J connectivity index is 1.78. The molecule has 3 aromatic rings. The Labute approximate surface area is 177 Å². The van der Waals surface area contributed by atoms with E-state index in [1.807, 2.05) is 61.5 Å². The van der Waals surface area contributed by atoms with E-state index >= 15 is 0 Å². The second-order valence-corrected chi connectivity index (χ2v) is 8.12. The number of ketones is 1. The van der Waals surface area contributed by atoms with E-state index in [1.165, 1.54) is 22.3 Å². The number of allylic oxidation sites excluding steroid dienone is 1. The number of hydrogen-bond acceptors (Lipinski definition) is 6. The minimum absolute atomic E-state index is 0.0314. The number of aryl methyl sites for hydroxylation is 2. The summed E-state index contributed by atoms with van der Waals surface area (Å²) in [6, 6.07) is 16.1. The maximum absolute atomic E-state index is 13.1. The first-order chi connectivity index (χ1) is 14.5. The Hall–Kier alpha value is -3.58. The van der Waals surface area contributed by atoms with Gasteiger partial charge in [-0.15, -0.1) is 10.2 Å². The van der Waals surface area contributed by atoms with E-state index in [0.29, 0.717) is 15.7 Å². The normalized spacial score (nSPS) is 16.7. The number of amides is 1. The fourth-order valence-corrected chi connectivity index (χ4v) is 4.04. The van der Waals surface area contributed by atoms with Crippen LogP contribution in [-0.4, -0.2) is 27.0 Å². The highest BCUT2D eigenvalue weighted by Gasteiger charge is 2.45. The Bertz CT molecular complexity index is 1160. The van der Waals surface area contributed by atoms with E-state index in [4.69, 9.17) is 0 Å². The van der Waals surface area contributed by atoms with Gasteiger partial charge in [-0.3, -0.25) is 14.5 Å². The van der Waals surface area contributed by atoms with Gasteiger partial charge in [0.15, 0.2) is 11.5 Å². The third-order valence-electron chi connectivity index (χ3n) is 4.81. The highest BCUT2D eigenvalue weighted by molar-refractivity contribution is 7.15. The molecule has 1 aromatic heterocycles. The van der Waals surface area contributed by atoms with Gasteiger partial charge >= 0.3 is 0 Å². The summed E-state index contributed by atoms with van der Waals surface area (Å²) in [5.41, 5.74) is 2.64. The number of hydrogen-bond donors (Lipinski definition) is 1. The fourth-order valence-electron chi connectivity index (χ4n) is 3.33. The molecule has 1 N–H and O–H groups in total. The van der Waals surface area contributed by atoms with Crippen LogP contribution >= 0.6 is 11.3 Å². The predicted octanol–water partition coefficient (Wildman–Crippen LogP) is 4.34. The summed E-state index contributed by atoms with van der Waals surface area (Å²) >= 11 is 1.23. The van der Waals surface area contributed by atoms with Gasteiger partial charge in [0.25, 0.3) is 5.91 Å². The van der Waals surface area contributed by atoms with E-state index < -0.39 is 23.5 Å². The van der Waals surface area contributed by atoms with Crippen molar-refractivity contribution in [2.24, 2.45) is 0 Å². The molecular formula is C23H19N3O3S. The third kappa shape index (κ3) is 3.67. The number of carbonyl (C=O) groups excluding carboxylic acids is 2. The minimum atomic E-state index is -0.779. The lowest BCUT2D eigenvalue weighted by molar-refractivity contribution is -0.117. The first-order valence-corrected chi connectivity index (χ1v) is 10.2. The maximum Gasteiger partial charge on any atom is 0.296 e. The van der Waals surface area contributed by atoms with Gasteiger partial charge in [0, 0.05) is 0 Å². The van der Waals surface area contributed by atoms with Crippen LogP contribution in [0.15, 0.2) is 72.0 Å². The molecule has 0 fully saturated rings. The molecule has 2 heterocycles. The SMILES string of the molecule is Cc1ccc(C2C(C(=O)/C=C/c3ccccc3)=C(O)C(=O)N2c2nnc(C)s2)cc1. The third-order valence-corrected chi connectivity index (χ3v) is 5.65. The molecule has 1 aliphatic rings. The van der Waals surface area contributed by atoms with E-state index in [1.54, 1.807) is 13.0 Å². The maximum atomic E-state index is 13.1. The van der Waals surface area contributed by atoms with Crippen molar-refractivity contribution in [3.05, 3.63) is 93.7 Å². The monoisotopic (exact) mass is 417 g/mol. The summed E-state index contributed by atoms with van der Waals surface area (Å²) < 4.78 is 0. The predicted molar refractivity (Wildman–Crippen MR) is 116 cm³/mol. The van der Waals surface area contributed by atoms with E-state index in [0.717, 1.165) is 11.1 Å². The zero-order valence-corrected chi connectivity index (χ0v) is 17.3. The second-order valence-electron chi connectivity index (χ2n) is 6.96. The quantitative estimate of drug-likeness (QED) is 0.625. The van der Waals surface area contributed by atoms with Gasteiger partial charge < -0.3 is 5.11 Å². The molecule has 30 heavy (non-hydrogen) atoms. The number of nitrogens with zero attached hydrogens (tertiary/aromatic N) is 3. The van der Waals surface area contributed by atoms with Crippen LogP contribution < -0.4 is 4.90 Å². The summed E-state index contributed by atoms with van der Waals surface area (Å²) in [5.74, 6) is -1.65. The molecule has 4 rings (SSSR count). The van der Waals surface area contributed by atoms with Crippen LogP contribution in [0.4, 0.5) is 5.13 Å². The Kier molecular flexibility index (Phi) is 5.29. The van der Waals surface area contributed by atoms with Gasteiger partial charge in [0.2, 0.25) is 5.13 Å². The van der Waals surface area contributed by atoms with Crippen LogP contribution in [0.25, 0.3) is 6.08 Å². The number of aromatic nitrogens is 2. The number of aliphatic hydroxyl groups excluding tert-OH is 1. The van der Waals surface area contributed by atoms with Gasteiger partial charge in [0.1, 0.15) is 5.01 Å². The number of aliphatic hydroxyl groups is 1. The Morgan fingerprint density at radius 3 is 2.40 bits per heavy atom. The summed E-state index contributed by atoms with van der Waals surface area (Å²) in [6.07, 6.45) is 3.04. The lowest BCUT2D eigenvalue weighted by atomic mass is 9.95. The van der Waals surface area contributed by atoms with Gasteiger partial charge in [0.05, 0.1) is 11.6 Å². The van der Waals surface area contributed by atoms with E-state index in [-0.39, 0.29) is 5.57 Å². The van der Waals surface area contributed by atoms with E-state index in [2.05, 4.69) is 10.2 Å². The highest BCUT2D eigenvalue weighted by Crippen LogP contribution is 2.42. The van der Waals surface area contributed by atoms with E-state index in [9.17, 15) is 14.7 Å². The van der Waals surface area contributed by atoms with Gasteiger partial charge in [-0.05, 0) is 31.1 Å². The van der Waals surface area contributed by atoms with Crippen LogP contribution in [0, 0.1) is 13.8 Å². The van der Waals surface area contributed by atoms with Crippen molar-refractivity contribution in [3.8, 4) is 0 Å². The van der Waals surface area contributed by atoms with Crippen LogP contribution in [0.5, 0.6) is 0 Å². The lowest BCUT2D eigenvalue weighted by Crippen LogP contribution is -2.30. The molecule has 1 atom stereocenters. The molecule has 0 aliphatic carbocycles. The van der Waals surface area contributed by atoms with Crippen molar-refractivity contribution >= 4 is 34.2 Å². The average Bonchev–Trinajstić information content (AvgIpc) is 3.28. The molecule has 2 aromatic carbocycles. The molecule has 150 valence electrons. The number of anilines is 1. The molecule has 7 heteroatoms. The molecule has 1 unspecified atom stereocenters. The average molecular weight is 417 g/mol. The first kappa shape index (κ1) is 19.7. The molecule has 0 saturated carbocycles. The zero-order valence-electron chi connectivity index (χ0n) is 16.4. The Morgan fingerprint density at radius 1 is 1.07 bits per heavy atom. The van der Waals surface area contributed by atoms with Gasteiger partial charge in [-0.25, -0.2) is 0 Å². The standard InChI is InChI=1S/C23H19N3O3S/c1-14-8-11-17(12-9-14)20-19(18(27)13-10-16-6-4-3-5-7-16)21(28)22(29)26(20)23-25-24-15(2)30-23/h3-13,20,28H,1-2H3/b13-10+. The van der Waals surface area contributed by atoms with Crippen LogP contribution in [0.3, 0.4) is 0 Å². The van der Waals surface area contributed by atoms with Crippen LogP contribution in [0.2, 0.25) is 0 Å². The van der Waals surface area contributed by atoms with Gasteiger partial charge in [-0.2, -0.15) is 0 Å². The number of carbonyl (C=O) groups is 2. The molecule has 1 amide bonds. The molecule has 1 aliphatic heterocycles. The summed E-state index contributed by atoms with van der Waals surface area (Å²) in [5, 5.41) is 19.7. The largest absolute Gasteiger partial charge is 0.503 e. The molecule has 0 spiro atoms. The van der Waals surface area contributed by atoms with Crippen LogP contribution in [0.1, 0.15) is 27.7 Å². The van der Waals surface area contributed by atoms with Gasteiger partial charge in [-0.1, -0.05) is 77.6 Å². The lowest BCUT2D eigenvalue weighted by Gasteiger charge is -2.23. The minimum Gasteiger partial charge on any atom is -0.503 e. The topological polar surface area (TPSA) is 83.4 Å². The van der Waals surface area contributed by atoms with Crippen molar-refractivity contribution in [1.29, 1.82) is 0 Å². The number of rotatable bonds is 5. The molecule has 0 saturated heterocycles. The number of benzene rings is 2. The van der Waals surface area contributed by atoms with Crippen LogP contribution in [-0.2, 0) is 9.59 Å².